The van der Waals surface area contributed by atoms with E-state index in [0.717, 1.165) is 22.8 Å². The number of rotatable bonds is 4. The molecule has 0 heterocycles. The first-order valence-electron chi connectivity index (χ1n) is 6.76. The van der Waals surface area contributed by atoms with Gasteiger partial charge in [0.2, 0.25) is 0 Å². The van der Waals surface area contributed by atoms with Crippen molar-refractivity contribution in [2.24, 2.45) is 0 Å². The molecule has 0 aliphatic rings. The normalized spacial score (nSPS) is 11.1. The second kappa shape index (κ2) is 6.14. The van der Waals surface area contributed by atoms with E-state index in [-0.39, 0.29) is 0 Å². The van der Waals surface area contributed by atoms with Crippen molar-refractivity contribution >= 4 is 0 Å². The SMILES string of the molecule is Cc1ccc(CNC(C)C)c(-c2cccc(F)c2F)c1. The van der Waals surface area contributed by atoms with E-state index in [1.807, 2.05) is 25.1 Å². The quantitative estimate of drug-likeness (QED) is 0.870. The van der Waals surface area contributed by atoms with Crippen molar-refractivity contribution in [3.8, 4) is 11.1 Å². The summed E-state index contributed by atoms with van der Waals surface area (Å²) in [5.74, 6) is -1.60. The Bertz CT molecular complexity index is 606. The molecule has 0 saturated carbocycles. The zero-order valence-electron chi connectivity index (χ0n) is 12.0. The summed E-state index contributed by atoms with van der Waals surface area (Å²) in [6, 6.07) is 10.5. The molecule has 0 fully saturated rings. The monoisotopic (exact) mass is 275 g/mol. The predicted molar refractivity (Wildman–Crippen MR) is 78.5 cm³/mol. The van der Waals surface area contributed by atoms with Gasteiger partial charge in [0, 0.05) is 18.2 Å². The lowest BCUT2D eigenvalue weighted by atomic mass is 9.97. The van der Waals surface area contributed by atoms with E-state index in [0.29, 0.717) is 18.2 Å². The number of nitrogens with one attached hydrogen (secondary N) is 1. The lowest BCUT2D eigenvalue weighted by Gasteiger charge is -2.14. The number of benzene rings is 2. The maximum Gasteiger partial charge on any atom is 0.166 e. The molecule has 0 unspecified atom stereocenters. The van der Waals surface area contributed by atoms with Gasteiger partial charge in [-0.25, -0.2) is 8.78 Å². The predicted octanol–water partition coefficient (Wildman–Crippen LogP) is 4.44. The van der Waals surface area contributed by atoms with Crippen molar-refractivity contribution in [1.29, 1.82) is 0 Å². The highest BCUT2D eigenvalue weighted by atomic mass is 19.2. The van der Waals surface area contributed by atoms with E-state index in [9.17, 15) is 8.78 Å². The standard InChI is InChI=1S/C17H19F2N/c1-11(2)20-10-13-8-7-12(3)9-15(13)14-5-4-6-16(18)17(14)19/h4-9,11,20H,10H2,1-3H3. The van der Waals surface area contributed by atoms with Crippen LogP contribution in [0.4, 0.5) is 8.78 Å². The van der Waals surface area contributed by atoms with Gasteiger partial charge in [-0.05, 0) is 24.1 Å². The van der Waals surface area contributed by atoms with Crippen molar-refractivity contribution in [3.05, 3.63) is 59.2 Å². The molecule has 1 N–H and O–H groups in total. The van der Waals surface area contributed by atoms with Crippen LogP contribution in [0.15, 0.2) is 36.4 Å². The Morgan fingerprint density at radius 1 is 1.05 bits per heavy atom. The van der Waals surface area contributed by atoms with Crippen LogP contribution in [0.25, 0.3) is 11.1 Å². The van der Waals surface area contributed by atoms with Gasteiger partial charge >= 0.3 is 0 Å². The summed E-state index contributed by atoms with van der Waals surface area (Å²) in [4.78, 5) is 0. The Morgan fingerprint density at radius 3 is 2.50 bits per heavy atom. The molecule has 1 nitrogen and oxygen atoms in total. The summed E-state index contributed by atoms with van der Waals surface area (Å²) in [6.07, 6.45) is 0. The van der Waals surface area contributed by atoms with E-state index in [1.54, 1.807) is 6.07 Å². The van der Waals surface area contributed by atoms with E-state index in [2.05, 4.69) is 19.2 Å². The van der Waals surface area contributed by atoms with Crippen LogP contribution in [0.3, 0.4) is 0 Å². The number of halogens is 2. The van der Waals surface area contributed by atoms with Gasteiger partial charge in [-0.1, -0.05) is 49.7 Å². The fraction of sp³-hybridized carbons (Fsp3) is 0.294. The summed E-state index contributed by atoms with van der Waals surface area (Å²) in [5, 5.41) is 3.31. The molecule has 0 saturated heterocycles. The third-order valence-corrected chi connectivity index (χ3v) is 3.21. The van der Waals surface area contributed by atoms with Gasteiger partial charge in [-0.3, -0.25) is 0 Å². The van der Waals surface area contributed by atoms with Gasteiger partial charge in [0.25, 0.3) is 0 Å². The maximum atomic E-state index is 14.0. The minimum absolute atomic E-state index is 0.314. The molecule has 0 radical (unpaired) electrons. The van der Waals surface area contributed by atoms with E-state index < -0.39 is 11.6 Å². The highest BCUT2D eigenvalue weighted by molar-refractivity contribution is 5.69. The lowest BCUT2D eigenvalue weighted by molar-refractivity contribution is 0.511. The molecule has 0 spiro atoms. The Labute approximate surface area is 118 Å². The summed E-state index contributed by atoms with van der Waals surface area (Å²) >= 11 is 0. The van der Waals surface area contributed by atoms with Crippen LogP contribution in [0, 0.1) is 18.6 Å². The van der Waals surface area contributed by atoms with E-state index >= 15 is 0 Å². The van der Waals surface area contributed by atoms with Crippen molar-refractivity contribution in [3.63, 3.8) is 0 Å². The molecule has 0 atom stereocenters. The van der Waals surface area contributed by atoms with Crippen LogP contribution >= 0.6 is 0 Å². The first-order valence-corrected chi connectivity index (χ1v) is 6.76. The van der Waals surface area contributed by atoms with Crippen LogP contribution in [-0.4, -0.2) is 6.04 Å². The molecular weight excluding hydrogens is 256 g/mol. The van der Waals surface area contributed by atoms with Crippen molar-refractivity contribution in [2.75, 3.05) is 0 Å². The fourth-order valence-corrected chi connectivity index (χ4v) is 2.12. The van der Waals surface area contributed by atoms with Crippen molar-refractivity contribution < 1.29 is 8.78 Å². The van der Waals surface area contributed by atoms with Gasteiger partial charge in [-0.15, -0.1) is 0 Å². The van der Waals surface area contributed by atoms with Crippen LogP contribution < -0.4 is 5.32 Å². The van der Waals surface area contributed by atoms with Gasteiger partial charge in [0.05, 0.1) is 0 Å². The third-order valence-electron chi connectivity index (χ3n) is 3.21. The average molecular weight is 275 g/mol. The van der Waals surface area contributed by atoms with Crippen LogP contribution in [0.2, 0.25) is 0 Å². The second-order valence-electron chi connectivity index (χ2n) is 5.30. The smallest absolute Gasteiger partial charge is 0.166 e. The molecular formula is C17H19F2N. The van der Waals surface area contributed by atoms with Crippen LogP contribution in [0.5, 0.6) is 0 Å². The van der Waals surface area contributed by atoms with E-state index in [4.69, 9.17) is 0 Å². The number of aryl methyl sites for hydroxylation is 1. The first-order chi connectivity index (χ1) is 9.49. The molecule has 2 aromatic carbocycles. The third kappa shape index (κ3) is 3.23. The highest BCUT2D eigenvalue weighted by Gasteiger charge is 2.13. The lowest BCUT2D eigenvalue weighted by Crippen LogP contribution is -2.22. The average Bonchev–Trinajstić information content (AvgIpc) is 2.40. The van der Waals surface area contributed by atoms with Crippen molar-refractivity contribution in [1.82, 2.24) is 5.32 Å². The Morgan fingerprint density at radius 2 is 1.80 bits per heavy atom. The minimum Gasteiger partial charge on any atom is -0.310 e. The number of hydrogen-bond acceptors (Lipinski definition) is 1. The van der Waals surface area contributed by atoms with E-state index in [1.165, 1.54) is 6.07 Å². The summed E-state index contributed by atoms with van der Waals surface area (Å²) in [7, 11) is 0. The minimum atomic E-state index is -0.813. The van der Waals surface area contributed by atoms with Gasteiger partial charge in [0.1, 0.15) is 0 Å². The molecule has 2 rings (SSSR count). The summed E-state index contributed by atoms with van der Waals surface area (Å²) in [6.45, 7) is 6.68. The molecule has 0 bridgehead atoms. The van der Waals surface area contributed by atoms with Crippen LogP contribution in [-0.2, 0) is 6.54 Å². The van der Waals surface area contributed by atoms with Gasteiger partial charge in [-0.2, -0.15) is 0 Å². The maximum absolute atomic E-state index is 14.0. The van der Waals surface area contributed by atoms with Gasteiger partial charge in [0.15, 0.2) is 11.6 Å². The van der Waals surface area contributed by atoms with Crippen molar-refractivity contribution in [2.45, 2.75) is 33.4 Å². The molecule has 3 heteroatoms. The highest BCUT2D eigenvalue weighted by Crippen LogP contribution is 2.28. The molecule has 0 amide bonds. The molecule has 2 aromatic rings. The molecule has 0 aliphatic carbocycles. The zero-order valence-corrected chi connectivity index (χ0v) is 12.0. The first kappa shape index (κ1) is 14.7. The molecule has 20 heavy (non-hydrogen) atoms. The Hall–Kier alpha value is -1.74. The Kier molecular flexibility index (Phi) is 4.50. The molecule has 0 aliphatic heterocycles. The second-order valence-corrected chi connectivity index (χ2v) is 5.30. The molecule has 106 valence electrons. The topological polar surface area (TPSA) is 12.0 Å². The zero-order chi connectivity index (χ0) is 14.7. The fourth-order valence-electron chi connectivity index (χ4n) is 2.12. The Balaban J connectivity index is 2.48. The summed E-state index contributed by atoms with van der Waals surface area (Å²) in [5.41, 5.74) is 3.05. The summed E-state index contributed by atoms with van der Waals surface area (Å²) < 4.78 is 27.4. The van der Waals surface area contributed by atoms with Gasteiger partial charge < -0.3 is 5.32 Å². The molecule has 0 aromatic heterocycles. The number of hydrogen-bond donors (Lipinski definition) is 1. The van der Waals surface area contributed by atoms with Crippen LogP contribution in [0.1, 0.15) is 25.0 Å². The largest absolute Gasteiger partial charge is 0.310 e.